The molecule has 2 heterocycles. The summed E-state index contributed by atoms with van der Waals surface area (Å²) >= 11 is 0. The van der Waals surface area contributed by atoms with E-state index in [0.29, 0.717) is 12.6 Å². The van der Waals surface area contributed by atoms with Gasteiger partial charge in [0, 0.05) is 25.3 Å². The molecule has 0 aliphatic rings. The monoisotopic (exact) mass is 220 g/mol. The van der Waals surface area contributed by atoms with Crippen LogP contribution in [0.3, 0.4) is 0 Å². The van der Waals surface area contributed by atoms with Crippen LogP contribution in [0.25, 0.3) is 11.5 Å². The van der Waals surface area contributed by atoms with Gasteiger partial charge in [0.05, 0.1) is 6.33 Å². The molecule has 2 aromatic rings. The van der Waals surface area contributed by atoms with Gasteiger partial charge in [0.1, 0.15) is 12.0 Å². The number of imidazole rings is 1. The fourth-order valence-electron chi connectivity index (χ4n) is 1.55. The summed E-state index contributed by atoms with van der Waals surface area (Å²) in [5, 5.41) is 8.00. The van der Waals surface area contributed by atoms with Gasteiger partial charge in [-0.15, -0.1) is 10.2 Å². The van der Waals surface area contributed by atoms with Crippen LogP contribution in [0.1, 0.15) is 19.9 Å². The third-order valence-electron chi connectivity index (χ3n) is 2.38. The lowest BCUT2D eigenvalue weighted by Crippen LogP contribution is -2.07. The summed E-state index contributed by atoms with van der Waals surface area (Å²) in [4.78, 5) is 4.30. The zero-order valence-corrected chi connectivity index (χ0v) is 9.54. The van der Waals surface area contributed by atoms with Crippen LogP contribution < -0.4 is 5.73 Å². The van der Waals surface area contributed by atoms with Gasteiger partial charge in [-0.25, -0.2) is 4.98 Å². The van der Waals surface area contributed by atoms with Gasteiger partial charge in [-0.2, -0.15) is 0 Å². The van der Waals surface area contributed by atoms with Crippen LogP contribution in [-0.4, -0.2) is 30.9 Å². The van der Waals surface area contributed by atoms with Gasteiger partial charge in [0.15, 0.2) is 5.82 Å². The molecule has 16 heavy (non-hydrogen) atoms. The molecule has 0 aliphatic heterocycles. The normalized spacial score (nSPS) is 11.2. The van der Waals surface area contributed by atoms with E-state index in [4.69, 9.17) is 5.73 Å². The Hall–Kier alpha value is -1.69. The number of rotatable bonds is 4. The van der Waals surface area contributed by atoms with Gasteiger partial charge in [0.2, 0.25) is 0 Å². The maximum Gasteiger partial charge on any atom is 0.184 e. The first-order valence-electron chi connectivity index (χ1n) is 5.34. The van der Waals surface area contributed by atoms with E-state index in [2.05, 4.69) is 29.0 Å². The van der Waals surface area contributed by atoms with Crippen molar-refractivity contribution in [1.82, 2.24) is 24.3 Å². The molecule has 6 nitrogen and oxygen atoms in total. The van der Waals surface area contributed by atoms with E-state index in [1.165, 1.54) is 0 Å². The fourth-order valence-corrected chi connectivity index (χ4v) is 1.55. The lowest BCUT2D eigenvalue weighted by atomic mass is 10.3. The largest absolute Gasteiger partial charge is 0.335 e. The molecule has 86 valence electrons. The molecule has 2 rings (SSSR count). The van der Waals surface area contributed by atoms with Crippen LogP contribution in [-0.2, 0) is 6.54 Å². The Morgan fingerprint density at radius 2 is 2.19 bits per heavy atom. The first kappa shape index (κ1) is 10.8. The van der Waals surface area contributed by atoms with Crippen molar-refractivity contribution in [1.29, 1.82) is 0 Å². The number of nitrogens with zero attached hydrogens (tertiary/aromatic N) is 5. The van der Waals surface area contributed by atoms with Crippen molar-refractivity contribution in [2.75, 3.05) is 6.54 Å². The summed E-state index contributed by atoms with van der Waals surface area (Å²) in [6, 6.07) is 0.324. The molecule has 2 aromatic heterocycles. The first-order chi connectivity index (χ1) is 7.72. The van der Waals surface area contributed by atoms with E-state index in [0.717, 1.165) is 18.1 Å². The minimum atomic E-state index is 0.324. The second-order valence-electron chi connectivity index (χ2n) is 3.94. The van der Waals surface area contributed by atoms with E-state index < -0.39 is 0 Å². The van der Waals surface area contributed by atoms with Crippen molar-refractivity contribution >= 4 is 0 Å². The molecule has 0 amide bonds. The van der Waals surface area contributed by atoms with E-state index >= 15 is 0 Å². The zero-order valence-electron chi connectivity index (χ0n) is 9.54. The van der Waals surface area contributed by atoms with E-state index in [-0.39, 0.29) is 0 Å². The van der Waals surface area contributed by atoms with Crippen molar-refractivity contribution in [2.45, 2.75) is 26.4 Å². The van der Waals surface area contributed by atoms with Gasteiger partial charge in [-0.05, 0) is 13.8 Å². The van der Waals surface area contributed by atoms with Crippen LogP contribution in [0.4, 0.5) is 0 Å². The average molecular weight is 220 g/mol. The summed E-state index contributed by atoms with van der Waals surface area (Å²) in [7, 11) is 0. The van der Waals surface area contributed by atoms with Crippen molar-refractivity contribution in [2.24, 2.45) is 5.73 Å². The number of aromatic nitrogens is 5. The maximum absolute atomic E-state index is 5.48. The van der Waals surface area contributed by atoms with Crippen LogP contribution in [0.2, 0.25) is 0 Å². The Kier molecular flexibility index (Phi) is 3.00. The predicted octanol–water partition coefficient (Wildman–Crippen LogP) is 0.681. The molecule has 0 aliphatic carbocycles. The predicted molar refractivity (Wildman–Crippen MR) is 60.7 cm³/mol. The highest BCUT2D eigenvalue weighted by molar-refractivity contribution is 5.47. The SMILES string of the molecule is CC(C)n1cnnc1-c1cn(CCN)cn1. The van der Waals surface area contributed by atoms with Gasteiger partial charge in [-0.1, -0.05) is 0 Å². The fraction of sp³-hybridized carbons (Fsp3) is 0.500. The molecule has 0 unspecified atom stereocenters. The van der Waals surface area contributed by atoms with Crippen molar-refractivity contribution in [3.63, 3.8) is 0 Å². The number of hydrogen-bond acceptors (Lipinski definition) is 4. The van der Waals surface area contributed by atoms with Crippen molar-refractivity contribution in [3.05, 3.63) is 18.9 Å². The molecule has 0 fully saturated rings. The number of nitrogens with two attached hydrogens (primary N) is 1. The highest BCUT2D eigenvalue weighted by Crippen LogP contribution is 2.17. The maximum atomic E-state index is 5.48. The summed E-state index contributed by atoms with van der Waals surface area (Å²) in [5.41, 5.74) is 6.32. The Bertz CT molecular complexity index is 455. The Labute approximate surface area is 94.1 Å². The lowest BCUT2D eigenvalue weighted by molar-refractivity contribution is 0.603. The second-order valence-corrected chi connectivity index (χ2v) is 3.94. The van der Waals surface area contributed by atoms with Gasteiger partial charge in [-0.3, -0.25) is 0 Å². The molecule has 0 spiro atoms. The quantitative estimate of drug-likeness (QED) is 0.822. The molecule has 0 radical (unpaired) electrons. The highest BCUT2D eigenvalue weighted by Gasteiger charge is 2.11. The molecule has 0 bridgehead atoms. The zero-order chi connectivity index (χ0) is 11.5. The topological polar surface area (TPSA) is 74.5 Å². The molecule has 6 heteroatoms. The highest BCUT2D eigenvalue weighted by atomic mass is 15.3. The summed E-state index contributed by atoms with van der Waals surface area (Å²) < 4.78 is 3.95. The van der Waals surface area contributed by atoms with Crippen LogP contribution in [0.5, 0.6) is 0 Å². The van der Waals surface area contributed by atoms with Crippen molar-refractivity contribution < 1.29 is 0 Å². The molecule has 0 saturated carbocycles. The molecular formula is C10H16N6. The Balaban J connectivity index is 2.31. The molecule has 0 saturated heterocycles. The van der Waals surface area contributed by atoms with Crippen LogP contribution in [0, 0.1) is 0 Å². The molecular weight excluding hydrogens is 204 g/mol. The Morgan fingerprint density at radius 1 is 1.38 bits per heavy atom. The van der Waals surface area contributed by atoms with Gasteiger partial charge in [0.25, 0.3) is 0 Å². The summed E-state index contributed by atoms with van der Waals surface area (Å²) in [6.45, 7) is 5.54. The third-order valence-corrected chi connectivity index (χ3v) is 2.38. The second kappa shape index (κ2) is 4.44. The van der Waals surface area contributed by atoms with E-state index in [9.17, 15) is 0 Å². The molecule has 2 N–H and O–H groups in total. The summed E-state index contributed by atoms with van der Waals surface area (Å²) in [5.74, 6) is 0.797. The van der Waals surface area contributed by atoms with Crippen molar-refractivity contribution in [3.8, 4) is 11.5 Å². The molecule has 0 aromatic carbocycles. The van der Waals surface area contributed by atoms with Gasteiger partial charge >= 0.3 is 0 Å². The summed E-state index contributed by atoms with van der Waals surface area (Å²) in [6.07, 6.45) is 5.43. The van der Waals surface area contributed by atoms with Crippen LogP contribution in [0.15, 0.2) is 18.9 Å². The minimum absolute atomic E-state index is 0.324. The molecule has 0 atom stereocenters. The van der Waals surface area contributed by atoms with E-state index in [1.807, 2.05) is 15.3 Å². The third kappa shape index (κ3) is 1.96. The number of hydrogen-bond donors (Lipinski definition) is 1. The Morgan fingerprint density at radius 3 is 2.88 bits per heavy atom. The van der Waals surface area contributed by atoms with Gasteiger partial charge < -0.3 is 14.9 Å². The first-order valence-corrected chi connectivity index (χ1v) is 5.34. The standard InChI is InChI=1S/C10H16N6/c1-8(2)16-7-13-14-10(16)9-5-15(4-3-11)6-12-9/h5-8H,3-4,11H2,1-2H3. The van der Waals surface area contributed by atoms with Crippen LogP contribution >= 0.6 is 0 Å². The smallest absolute Gasteiger partial charge is 0.184 e. The minimum Gasteiger partial charge on any atom is -0.335 e. The average Bonchev–Trinajstić information content (AvgIpc) is 2.83. The lowest BCUT2D eigenvalue weighted by Gasteiger charge is -2.07. The van der Waals surface area contributed by atoms with E-state index in [1.54, 1.807) is 12.7 Å².